The molecule has 1 saturated heterocycles. The van der Waals surface area contributed by atoms with Crippen molar-refractivity contribution in [2.75, 3.05) is 13.1 Å². The van der Waals surface area contributed by atoms with Crippen LogP contribution in [0.25, 0.3) is 11.4 Å². The smallest absolute Gasteiger partial charge is 0.329 e. The number of nitrogens with zero attached hydrogens (tertiary/aromatic N) is 3. The molecule has 26 heavy (non-hydrogen) atoms. The highest BCUT2D eigenvalue weighted by Crippen LogP contribution is 2.29. The molecular weight excluding hydrogens is 373 g/mol. The van der Waals surface area contributed by atoms with Crippen LogP contribution in [0.4, 0.5) is 13.2 Å². The number of hydrogen-bond acceptors (Lipinski definition) is 5. The Morgan fingerprint density at radius 2 is 1.81 bits per heavy atom. The molecule has 11 heteroatoms. The van der Waals surface area contributed by atoms with E-state index < -0.39 is 28.3 Å². The van der Waals surface area contributed by atoms with Gasteiger partial charge in [0.1, 0.15) is 0 Å². The number of halogens is 3. The summed E-state index contributed by atoms with van der Waals surface area (Å²) in [5, 5.41) is 3.31. The summed E-state index contributed by atoms with van der Waals surface area (Å²) in [7, 11) is -3.56. The second-order valence-electron chi connectivity index (χ2n) is 5.99. The minimum atomic E-state index is -4.70. The van der Waals surface area contributed by atoms with Gasteiger partial charge in [-0.2, -0.15) is 35.6 Å². The summed E-state index contributed by atoms with van der Waals surface area (Å²) in [5.41, 5.74) is 0.999. The first-order chi connectivity index (χ1) is 12.2. The van der Waals surface area contributed by atoms with E-state index in [2.05, 4.69) is 19.4 Å². The zero-order valence-corrected chi connectivity index (χ0v) is 14.6. The molecule has 1 fully saturated rings. The summed E-state index contributed by atoms with van der Waals surface area (Å²) in [4.78, 5) is 3.32. The van der Waals surface area contributed by atoms with Crippen molar-refractivity contribution in [3.05, 3.63) is 35.7 Å². The van der Waals surface area contributed by atoms with E-state index in [9.17, 15) is 21.6 Å². The second kappa shape index (κ2) is 6.97. The van der Waals surface area contributed by atoms with Crippen LogP contribution in [0.5, 0.6) is 0 Å². The van der Waals surface area contributed by atoms with Crippen molar-refractivity contribution in [2.45, 2.75) is 32.0 Å². The Morgan fingerprint density at radius 3 is 2.35 bits per heavy atom. The normalized spacial score (nSPS) is 17.5. The highest BCUT2D eigenvalue weighted by Gasteiger charge is 2.38. The Hall–Kier alpha value is -1.98. The van der Waals surface area contributed by atoms with Crippen LogP contribution in [0.2, 0.25) is 0 Å². The van der Waals surface area contributed by atoms with Gasteiger partial charge in [-0.05, 0) is 25.3 Å². The van der Waals surface area contributed by atoms with E-state index in [1.807, 2.05) is 0 Å². The maximum atomic E-state index is 12.5. The topological polar surface area (TPSA) is 88.3 Å². The van der Waals surface area contributed by atoms with Crippen LogP contribution < -0.4 is 4.72 Å². The summed E-state index contributed by atoms with van der Waals surface area (Å²) in [6, 6.07) is 5.75. The average Bonchev–Trinajstić information content (AvgIpc) is 3.26. The summed E-state index contributed by atoms with van der Waals surface area (Å²) in [5.74, 6) is -1.60. The lowest BCUT2D eigenvalue weighted by Gasteiger charge is -2.20. The zero-order valence-electron chi connectivity index (χ0n) is 13.8. The summed E-state index contributed by atoms with van der Waals surface area (Å²) in [6.07, 6.45) is -3.02. The van der Waals surface area contributed by atoms with Gasteiger partial charge in [0.2, 0.25) is 5.82 Å². The number of rotatable bonds is 5. The lowest BCUT2D eigenvalue weighted by atomic mass is 10.1. The Labute approximate surface area is 148 Å². The molecule has 1 aromatic heterocycles. The first kappa shape index (κ1) is 18.8. The molecule has 1 aromatic carbocycles. The van der Waals surface area contributed by atoms with E-state index in [4.69, 9.17) is 0 Å². The summed E-state index contributed by atoms with van der Waals surface area (Å²) < 4.78 is 70.3. The first-order valence-electron chi connectivity index (χ1n) is 7.95. The Bertz CT molecular complexity index is 859. The van der Waals surface area contributed by atoms with Crippen LogP contribution in [-0.4, -0.2) is 36.0 Å². The summed E-state index contributed by atoms with van der Waals surface area (Å²) >= 11 is 0. The number of alkyl halides is 3. The van der Waals surface area contributed by atoms with Crippen LogP contribution in [0.3, 0.4) is 0 Å². The van der Waals surface area contributed by atoms with E-state index in [1.165, 1.54) is 16.4 Å². The second-order valence-corrected chi connectivity index (χ2v) is 7.70. The molecule has 2 heterocycles. The van der Waals surface area contributed by atoms with Crippen molar-refractivity contribution in [2.24, 2.45) is 0 Å². The molecular formula is C15H17F3N4O3S. The molecule has 142 valence electrons. The Kier molecular flexibility index (Phi) is 5.04. The zero-order chi connectivity index (χ0) is 18.9. The Balaban J connectivity index is 1.72. The lowest BCUT2D eigenvalue weighted by Crippen LogP contribution is -2.40. The van der Waals surface area contributed by atoms with Gasteiger partial charge in [-0.25, -0.2) is 0 Å². The molecule has 3 rings (SSSR count). The molecule has 0 bridgehead atoms. The monoisotopic (exact) mass is 390 g/mol. The maximum absolute atomic E-state index is 12.5. The molecule has 0 spiro atoms. The fraction of sp³-hybridized carbons (Fsp3) is 0.467. The number of hydrogen-bond donors (Lipinski definition) is 1. The highest BCUT2D eigenvalue weighted by atomic mass is 32.2. The van der Waals surface area contributed by atoms with E-state index in [-0.39, 0.29) is 5.82 Å². The van der Waals surface area contributed by atoms with E-state index in [0.717, 1.165) is 12.8 Å². The van der Waals surface area contributed by atoms with Gasteiger partial charge in [0.05, 0.1) is 0 Å². The minimum Gasteiger partial charge on any atom is -0.329 e. The average molecular weight is 390 g/mol. The van der Waals surface area contributed by atoms with Gasteiger partial charge < -0.3 is 4.52 Å². The summed E-state index contributed by atoms with van der Waals surface area (Å²) in [6.45, 7) is 2.69. The van der Waals surface area contributed by atoms with Crippen molar-refractivity contribution in [3.8, 4) is 11.4 Å². The fourth-order valence-electron chi connectivity index (χ4n) is 2.67. The number of nitrogens with one attached hydrogen (secondary N) is 1. The SMILES string of the molecule is CC(NS(=O)(=O)N1CCCC1)c1ccc(-c2noc(C(F)(F)F)n2)cc1. The minimum absolute atomic E-state index is 0.186. The van der Waals surface area contributed by atoms with Crippen molar-refractivity contribution in [1.82, 2.24) is 19.2 Å². The van der Waals surface area contributed by atoms with Crippen molar-refractivity contribution in [3.63, 3.8) is 0 Å². The van der Waals surface area contributed by atoms with Crippen molar-refractivity contribution >= 4 is 10.2 Å². The number of benzene rings is 1. The van der Waals surface area contributed by atoms with E-state index in [0.29, 0.717) is 24.2 Å². The lowest BCUT2D eigenvalue weighted by molar-refractivity contribution is -0.159. The van der Waals surface area contributed by atoms with Crippen LogP contribution >= 0.6 is 0 Å². The molecule has 0 amide bonds. The largest absolute Gasteiger partial charge is 0.471 e. The first-order valence-corrected chi connectivity index (χ1v) is 9.39. The van der Waals surface area contributed by atoms with Gasteiger partial charge in [-0.15, -0.1) is 0 Å². The molecule has 1 aliphatic heterocycles. The predicted molar refractivity (Wildman–Crippen MR) is 86.0 cm³/mol. The van der Waals surface area contributed by atoms with Crippen LogP contribution in [0.1, 0.15) is 37.3 Å². The molecule has 2 aromatic rings. The third kappa shape index (κ3) is 4.05. The maximum Gasteiger partial charge on any atom is 0.471 e. The van der Waals surface area contributed by atoms with Gasteiger partial charge >= 0.3 is 12.1 Å². The van der Waals surface area contributed by atoms with Crippen LogP contribution in [0, 0.1) is 0 Å². The third-order valence-electron chi connectivity index (χ3n) is 4.07. The van der Waals surface area contributed by atoms with Gasteiger partial charge in [-0.1, -0.05) is 29.4 Å². The molecule has 1 atom stereocenters. The van der Waals surface area contributed by atoms with Gasteiger partial charge in [0.15, 0.2) is 0 Å². The van der Waals surface area contributed by atoms with E-state index >= 15 is 0 Å². The van der Waals surface area contributed by atoms with Crippen LogP contribution in [0.15, 0.2) is 28.8 Å². The molecule has 1 N–H and O–H groups in total. The molecule has 0 aliphatic carbocycles. The quantitative estimate of drug-likeness (QED) is 0.848. The highest BCUT2D eigenvalue weighted by molar-refractivity contribution is 7.87. The molecule has 1 aliphatic rings. The number of aromatic nitrogens is 2. The molecule has 7 nitrogen and oxygen atoms in total. The third-order valence-corrected chi connectivity index (χ3v) is 5.76. The fourth-order valence-corrected chi connectivity index (χ4v) is 4.14. The molecule has 0 saturated carbocycles. The Morgan fingerprint density at radius 1 is 1.19 bits per heavy atom. The standard InChI is InChI=1S/C15H17F3N4O3S/c1-10(21-26(23,24)22-8-2-3-9-22)11-4-6-12(7-5-11)13-19-14(25-20-13)15(16,17)18/h4-7,10,21H,2-3,8-9H2,1H3. The van der Waals surface area contributed by atoms with E-state index in [1.54, 1.807) is 19.1 Å². The van der Waals surface area contributed by atoms with Crippen molar-refractivity contribution in [1.29, 1.82) is 0 Å². The van der Waals surface area contributed by atoms with Crippen molar-refractivity contribution < 1.29 is 26.1 Å². The van der Waals surface area contributed by atoms with Crippen LogP contribution in [-0.2, 0) is 16.4 Å². The molecule has 0 radical (unpaired) electrons. The van der Waals surface area contributed by atoms with Gasteiger partial charge in [-0.3, -0.25) is 0 Å². The predicted octanol–water partition coefficient (Wildman–Crippen LogP) is 2.75. The van der Waals surface area contributed by atoms with Gasteiger partial charge in [0, 0.05) is 24.7 Å². The molecule has 1 unspecified atom stereocenters. The van der Waals surface area contributed by atoms with Gasteiger partial charge in [0.25, 0.3) is 10.2 Å².